The molecule has 1 amide bonds. The Hall–Kier alpha value is -3.23. The van der Waals surface area contributed by atoms with Crippen molar-refractivity contribution in [3.63, 3.8) is 0 Å². The van der Waals surface area contributed by atoms with Gasteiger partial charge in [0.25, 0.3) is 5.91 Å². The topological polar surface area (TPSA) is 125 Å². The van der Waals surface area contributed by atoms with Crippen molar-refractivity contribution in [1.29, 1.82) is 0 Å². The first-order valence-electron chi connectivity index (χ1n) is 7.81. The Kier molecular flexibility index (Phi) is 4.46. The highest BCUT2D eigenvalue weighted by molar-refractivity contribution is 5.96. The number of hydrogen-bond acceptors (Lipinski definition) is 7. The van der Waals surface area contributed by atoms with Gasteiger partial charge in [-0.3, -0.25) is 4.79 Å². The van der Waals surface area contributed by atoms with Crippen molar-refractivity contribution in [2.45, 2.75) is 33.4 Å². The zero-order chi connectivity index (χ0) is 18.0. The lowest BCUT2D eigenvalue weighted by Gasteiger charge is -2.12. The maximum atomic E-state index is 12.4. The molecule has 3 aromatic rings. The molecule has 0 fully saturated rings. The first-order chi connectivity index (χ1) is 12.0. The minimum atomic E-state index is -0.412. The normalized spacial score (nSPS) is 11.0. The van der Waals surface area contributed by atoms with Gasteiger partial charge in [0.15, 0.2) is 11.5 Å². The standard InChI is InChI=1S/C16H19N7O2/c1-9(2)23-6-4-18-11(23)8-20-15(24)13-14(17)22-12(10(3)21-13)16-19-5-7-25-16/h4-7,9H,8H2,1-3H3,(H2,17,22)(H,20,24). The molecular formula is C16H19N7O2. The second kappa shape index (κ2) is 6.71. The molecule has 0 aliphatic carbocycles. The quantitative estimate of drug-likeness (QED) is 0.724. The first-order valence-corrected chi connectivity index (χ1v) is 7.81. The number of nitrogen functional groups attached to an aromatic ring is 1. The molecule has 0 aromatic carbocycles. The van der Waals surface area contributed by atoms with Gasteiger partial charge >= 0.3 is 0 Å². The van der Waals surface area contributed by atoms with Crippen LogP contribution >= 0.6 is 0 Å². The summed E-state index contributed by atoms with van der Waals surface area (Å²) >= 11 is 0. The number of carbonyl (C=O) groups is 1. The predicted molar refractivity (Wildman–Crippen MR) is 90.5 cm³/mol. The van der Waals surface area contributed by atoms with Gasteiger partial charge in [0, 0.05) is 18.4 Å². The molecule has 0 aliphatic rings. The van der Waals surface area contributed by atoms with E-state index in [1.165, 1.54) is 12.5 Å². The number of aromatic nitrogens is 5. The Labute approximate surface area is 144 Å². The van der Waals surface area contributed by atoms with E-state index in [1.54, 1.807) is 13.1 Å². The fourth-order valence-electron chi connectivity index (χ4n) is 2.44. The highest BCUT2D eigenvalue weighted by Gasteiger charge is 2.19. The summed E-state index contributed by atoms with van der Waals surface area (Å²) in [6.07, 6.45) is 6.51. The van der Waals surface area contributed by atoms with Crippen molar-refractivity contribution >= 4 is 11.7 Å². The van der Waals surface area contributed by atoms with Crippen LogP contribution in [-0.4, -0.2) is 30.4 Å². The van der Waals surface area contributed by atoms with Crippen molar-refractivity contribution < 1.29 is 9.21 Å². The Balaban J connectivity index is 1.78. The average Bonchev–Trinajstić information content (AvgIpc) is 3.25. The number of amides is 1. The highest BCUT2D eigenvalue weighted by Crippen LogP contribution is 2.20. The van der Waals surface area contributed by atoms with Crippen molar-refractivity contribution in [2.75, 3.05) is 5.73 Å². The Bertz CT molecular complexity index is 884. The Morgan fingerprint density at radius 1 is 1.32 bits per heavy atom. The summed E-state index contributed by atoms with van der Waals surface area (Å²) in [6, 6.07) is 0.251. The molecule has 25 heavy (non-hydrogen) atoms. The molecule has 3 aromatic heterocycles. The maximum Gasteiger partial charge on any atom is 0.274 e. The van der Waals surface area contributed by atoms with E-state index < -0.39 is 5.91 Å². The lowest BCUT2D eigenvalue weighted by molar-refractivity contribution is 0.0944. The summed E-state index contributed by atoms with van der Waals surface area (Å²) in [7, 11) is 0. The number of aryl methyl sites for hydroxylation is 1. The summed E-state index contributed by atoms with van der Waals surface area (Å²) in [6.45, 7) is 6.07. The third-order valence-corrected chi connectivity index (χ3v) is 3.66. The minimum Gasteiger partial charge on any atom is -0.443 e. The van der Waals surface area contributed by atoms with Crippen LogP contribution in [0.15, 0.2) is 29.3 Å². The molecule has 0 radical (unpaired) electrons. The van der Waals surface area contributed by atoms with E-state index in [9.17, 15) is 4.79 Å². The summed E-state index contributed by atoms with van der Waals surface area (Å²) in [5.74, 6) is 0.666. The van der Waals surface area contributed by atoms with Crippen molar-refractivity contribution in [3.8, 4) is 11.6 Å². The van der Waals surface area contributed by atoms with Crippen molar-refractivity contribution in [3.05, 3.63) is 42.1 Å². The van der Waals surface area contributed by atoms with E-state index in [1.807, 2.05) is 24.6 Å². The highest BCUT2D eigenvalue weighted by atomic mass is 16.3. The smallest absolute Gasteiger partial charge is 0.274 e. The van der Waals surface area contributed by atoms with Crippen molar-refractivity contribution in [2.24, 2.45) is 0 Å². The molecular weight excluding hydrogens is 322 g/mol. The second-order valence-corrected chi connectivity index (χ2v) is 5.76. The molecule has 0 bridgehead atoms. The fourth-order valence-corrected chi connectivity index (χ4v) is 2.44. The molecule has 3 heterocycles. The van der Waals surface area contributed by atoms with Gasteiger partial charge < -0.3 is 20.0 Å². The SMILES string of the molecule is Cc1nc(C(=O)NCc2nccn2C(C)C)c(N)nc1-c1ncco1. The van der Waals surface area contributed by atoms with Crippen LogP contribution in [-0.2, 0) is 6.54 Å². The lowest BCUT2D eigenvalue weighted by atomic mass is 10.2. The maximum absolute atomic E-state index is 12.4. The largest absolute Gasteiger partial charge is 0.443 e. The third kappa shape index (κ3) is 3.35. The van der Waals surface area contributed by atoms with Gasteiger partial charge in [-0.05, 0) is 20.8 Å². The molecule has 0 aliphatic heterocycles. The number of oxazole rings is 1. The number of nitrogens with two attached hydrogens (primary N) is 1. The van der Waals surface area contributed by atoms with Crippen LogP contribution in [0.5, 0.6) is 0 Å². The third-order valence-electron chi connectivity index (χ3n) is 3.66. The number of hydrogen-bond donors (Lipinski definition) is 2. The van der Waals surface area contributed by atoms with Crippen LogP contribution in [0.25, 0.3) is 11.6 Å². The summed E-state index contributed by atoms with van der Waals surface area (Å²) in [5.41, 5.74) is 6.88. The molecule has 0 atom stereocenters. The van der Waals surface area contributed by atoms with Gasteiger partial charge in [-0.25, -0.2) is 19.9 Å². The van der Waals surface area contributed by atoms with Crippen LogP contribution in [0.3, 0.4) is 0 Å². The van der Waals surface area contributed by atoms with Gasteiger partial charge in [-0.1, -0.05) is 0 Å². The molecule has 0 saturated heterocycles. The lowest BCUT2D eigenvalue weighted by Crippen LogP contribution is -2.27. The van der Waals surface area contributed by atoms with Crippen molar-refractivity contribution in [1.82, 2.24) is 29.8 Å². The Morgan fingerprint density at radius 2 is 2.12 bits per heavy atom. The van der Waals surface area contributed by atoms with Gasteiger partial charge in [0.2, 0.25) is 5.89 Å². The zero-order valence-electron chi connectivity index (χ0n) is 14.2. The number of nitrogens with zero attached hydrogens (tertiary/aromatic N) is 5. The Morgan fingerprint density at radius 3 is 2.80 bits per heavy atom. The number of rotatable bonds is 5. The van der Waals surface area contributed by atoms with Crippen LogP contribution in [0.4, 0.5) is 5.82 Å². The van der Waals surface area contributed by atoms with E-state index in [0.29, 0.717) is 17.3 Å². The van der Waals surface area contributed by atoms with Crippen LogP contribution < -0.4 is 11.1 Å². The van der Waals surface area contributed by atoms with Gasteiger partial charge in [-0.2, -0.15) is 0 Å². The molecule has 3 N–H and O–H groups in total. The van der Waals surface area contributed by atoms with E-state index in [0.717, 1.165) is 5.82 Å². The number of carbonyl (C=O) groups excluding carboxylic acids is 1. The van der Waals surface area contributed by atoms with E-state index >= 15 is 0 Å². The molecule has 0 unspecified atom stereocenters. The zero-order valence-corrected chi connectivity index (χ0v) is 14.2. The number of imidazole rings is 1. The van der Waals surface area contributed by atoms with E-state index in [4.69, 9.17) is 10.2 Å². The van der Waals surface area contributed by atoms with E-state index in [2.05, 4.69) is 25.3 Å². The van der Waals surface area contributed by atoms with Gasteiger partial charge in [0.05, 0.1) is 18.4 Å². The minimum absolute atomic E-state index is 0.0171. The molecule has 3 rings (SSSR count). The number of anilines is 1. The first kappa shape index (κ1) is 16.6. The number of nitrogens with one attached hydrogen (secondary N) is 1. The summed E-state index contributed by atoms with van der Waals surface area (Å²) in [5, 5.41) is 2.78. The molecule has 0 spiro atoms. The van der Waals surface area contributed by atoms with Gasteiger partial charge in [-0.15, -0.1) is 0 Å². The molecule has 9 nitrogen and oxygen atoms in total. The predicted octanol–water partition coefficient (Wildman–Crippen LogP) is 1.73. The van der Waals surface area contributed by atoms with Crippen LogP contribution in [0.1, 0.15) is 41.9 Å². The summed E-state index contributed by atoms with van der Waals surface area (Å²) < 4.78 is 7.19. The fraction of sp³-hybridized carbons (Fsp3) is 0.312. The van der Waals surface area contributed by atoms with Crippen LogP contribution in [0, 0.1) is 6.92 Å². The summed E-state index contributed by atoms with van der Waals surface area (Å²) in [4.78, 5) is 29.2. The second-order valence-electron chi connectivity index (χ2n) is 5.76. The molecule has 130 valence electrons. The molecule has 0 saturated carbocycles. The monoisotopic (exact) mass is 341 g/mol. The molecule has 9 heteroatoms. The van der Waals surface area contributed by atoms with E-state index in [-0.39, 0.29) is 24.1 Å². The van der Waals surface area contributed by atoms with Gasteiger partial charge in [0.1, 0.15) is 17.8 Å². The van der Waals surface area contributed by atoms with Crippen LogP contribution in [0.2, 0.25) is 0 Å². The average molecular weight is 341 g/mol.